The number of hydrogen-bond donors (Lipinski definition) is 3. The maximum atomic E-state index is 12.2. The molecule has 0 saturated heterocycles. The molecule has 12 heteroatoms. The van der Waals surface area contributed by atoms with Crippen LogP contribution < -0.4 is 25.5 Å². The number of nitrogens with zero attached hydrogens (tertiary/aromatic N) is 1. The number of hydrogen-bond acceptors (Lipinski definition) is 6. The highest BCUT2D eigenvalue weighted by molar-refractivity contribution is 6.40. The van der Waals surface area contributed by atoms with Crippen LogP contribution in [0.25, 0.3) is 0 Å². The second-order valence-corrected chi connectivity index (χ2v) is 8.38. The molecule has 36 heavy (non-hydrogen) atoms. The summed E-state index contributed by atoms with van der Waals surface area (Å²) in [7, 11) is 1.43. The maximum absolute atomic E-state index is 12.2. The van der Waals surface area contributed by atoms with Gasteiger partial charge in [0.05, 0.1) is 13.3 Å². The molecule has 0 fully saturated rings. The van der Waals surface area contributed by atoms with Crippen LogP contribution in [0, 0.1) is 0 Å². The van der Waals surface area contributed by atoms with Crippen molar-refractivity contribution in [3.05, 3.63) is 81.3 Å². The van der Waals surface area contributed by atoms with E-state index in [2.05, 4.69) is 21.2 Å². The van der Waals surface area contributed by atoms with Crippen molar-refractivity contribution in [3.63, 3.8) is 0 Å². The predicted molar refractivity (Wildman–Crippen MR) is 139 cm³/mol. The summed E-state index contributed by atoms with van der Waals surface area (Å²) in [6, 6.07) is 15.8. The van der Waals surface area contributed by atoms with E-state index in [9.17, 15) is 14.4 Å². The molecule has 3 rings (SSSR count). The van der Waals surface area contributed by atoms with Gasteiger partial charge in [0.2, 0.25) is 0 Å². The largest absolute Gasteiger partial charge is 0.493 e. The minimum absolute atomic E-state index is 0.300. The Morgan fingerprint density at radius 3 is 2.25 bits per heavy atom. The average Bonchev–Trinajstić information content (AvgIpc) is 2.82. The normalized spacial score (nSPS) is 10.6. The summed E-state index contributed by atoms with van der Waals surface area (Å²) in [6.07, 6.45) is 1.31. The predicted octanol–water partition coefficient (Wildman–Crippen LogP) is 4.76. The van der Waals surface area contributed by atoms with Gasteiger partial charge in [0.25, 0.3) is 5.91 Å². The smallest absolute Gasteiger partial charge is 0.329 e. The fourth-order valence-corrected chi connectivity index (χ4v) is 3.54. The third kappa shape index (κ3) is 8.16. The van der Waals surface area contributed by atoms with E-state index in [-0.39, 0.29) is 6.61 Å². The molecule has 0 aromatic heterocycles. The summed E-state index contributed by atoms with van der Waals surface area (Å²) >= 11 is 17.7. The highest BCUT2D eigenvalue weighted by atomic mass is 35.5. The zero-order chi connectivity index (χ0) is 26.1. The van der Waals surface area contributed by atoms with Crippen molar-refractivity contribution in [3.8, 4) is 11.5 Å². The van der Waals surface area contributed by atoms with Crippen molar-refractivity contribution in [1.82, 2.24) is 5.43 Å². The van der Waals surface area contributed by atoms with Crippen molar-refractivity contribution in [2.24, 2.45) is 5.10 Å². The molecule has 3 aromatic rings. The Morgan fingerprint density at radius 1 is 0.833 bits per heavy atom. The summed E-state index contributed by atoms with van der Waals surface area (Å²) < 4.78 is 10.8. The molecular weight excluding hydrogens is 531 g/mol. The number of carbonyl (C=O) groups excluding carboxylic acids is 3. The van der Waals surface area contributed by atoms with E-state index >= 15 is 0 Å². The molecule has 0 aliphatic rings. The molecule has 3 N–H and O–H groups in total. The van der Waals surface area contributed by atoms with Crippen molar-refractivity contribution in [1.29, 1.82) is 0 Å². The number of rotatable bonds is 8. The van der Waals surface area contributed by atoms with Crippen LogP contribution in [0.2, 0.25) is 15.1 Å². The Labute approximate surface area is 221 Å². The van der Waals surface area contributed by atoms with Crippen LogP contribution in [0.1, 0.15) is 5.56 Å². The molecule has 3 amide bonds. The number of hydrazone groups is 1. The first-order valence-electron chi connectivity index (χ1n) is 10.2. The van der Waals surface area contributed by atoms with Crippen molar-refractivity contribution in [2.75, 3.05) is 24.4 Å². The molecular formula is C24H19Cl3N4O5. The van der Waals surface area contributed by atoms with Crippen molar-refractivity contribution >= 4 is 70.1 Å². The third-order valence-corrected chi connectivity index (χ3v) is 5.03. The lowest BCUT2D eigenvalue weighted by molar-refractivity contribution is -0.136. The summed E-state index contributed by atoms with van der Waals surface area (Å²) in [6.45, 7) is -0.300. The Morgan fingerprint density at radius 2 is 1.56 bits per heavy atom. The molecule has 3 aromatic carbocycles. The minimum atomic E-state index is -0.967. The van der Waals surface area contributed by atoms with Gasteiger partial charge in [0.1, 0.15) is 0 Å². The van der Waals surface area contributed by atoms with Gasteiger partial charge in [0, 0.05) is 26.4 Å². The first-order chi connectivity index (χ1) is 17.2. The van der Waals surface area contributed by atoms with E-state index in [0.29, 0.717) is 43.5 Å². The van der Waals surface area contributed by atoms with Crippen LogP contribution in [-0.4, -0.2) is 37.7 Å². The van der Waals surface area contributed by atoms with Gasteiger partial charge in [-0.1, -0.05) is 40.9 Å². The number of anilines is 2. The summed E-state index contributed by atoms with van der Waals surface area (Å²) in [5.41, 5.74) is 3.47. The Hall–Kier alpha value is -3.79. The van der Waals surface area contributed by atoms with Crippen LogP contribution in [0.3, 0.4) is 0 Å². The monoisotopic (exact) mass is 548 g/mol. The van der Waals surface area contributed by atoms with E-state index in [1.165, 1.54) is 19.4 Å². The molecule has 0 aliphatic carbocycles. The maximum Gasteiger partial charge on any atom is 0.329 e. The lowest BCUT2D eigenvalue weighted by Crippen LogP contribution is -2.32. The number of halogens is 3. The quantitative estimate of drug-likeness (QED) is 0.213. The van der Waals surface area contributed by atoms with Gasteiger partial charge < -0.3 is 20.1 Å². The van der Waals surface area contributed by atoms with Gasteiger partial charge in [-0.15, -0.1) is 0 Å². The zero-order valence-electron chi connectivity index (χ0n) is 18.7. The minimum Gasteiger partial charge on any atom is -0.493 e. The molecule has 0 heterocycles. The molecule has 9 nitrogen and oxygen atoms in total. The molecule has 0 radical (unpaired) electrons. The molecule has 0 atom stereocenters. The standard InChI is InChI=1S/C24H19Cl3N4O5/c1-35-21-7-14(12-28-31-24(34)23(33)30-18-4-2-3-15(25)9-18)5-6-20(21)36-13-22(32)29-19-10-16(26)8-17(27)11-19/h2-12H,13H2,1H3,(H,29,32)(H,30,33)(H,31,34)/b28-12-. The molecule has 0 bridgehead atoms. The SMILES string of the molecule is COc1cc(/C=N\NC(=O)C(=O)Nc2cccc(Cl)c2)ccc1OCC(=O)Nc1cc(Cl)cc(Cl)c1. The Balaban J connectivity index is 1.53. The Kier molecular flexibility index (Phi) is 9.52. The van der Waals surface area contributed by atoms with Crippen LogP contribution in [-0.2, 0) is 14.4 Å². The van der Waals surface area contributed by atoms with Crippen LogP contribution >= 0.6 is 34.8 Å². The third-order valence-electron chi connectivity index (χ3n) is 4.36. The van der Waals surface area contributed by atoms with Crippen molar-refractivity contribution in [2.45, 2.75) is 0 Å². The lowest BCUT2D eigenvalue weighted by atomic mass is 10.2. The fourth-order valence-electron chi connectivity index (χ4n) is 2.82. The van der Waals surface area contributed by atoms with Crippen LogP contribution in [0.5, 0.6) is 11.5 Å². The first kappa shape index (κ1) is 26.8. The summed E-state index contributed by atoms with van der Waals surface area (Å²) in [5.74, 6) is -1.68. The molecule has 186 valence electrons. The lowest BCUT2D eigenvalue weighted by Gasteiger charge is -2.12. The van der Waals surface area contributed by atoms with Gasteiger partial charge in [0.15, 0.2) is 18.1 Å². The van der Waals surface area contributed by atoms with Gasteiger partial charge in [-0.2, -0.15) is 5.10 Å². The molecule has 0 aliphatic heterocycles. The molecule has 0 spiro atoms. The number of nitrogens with one attached hydrogen (secondary N) is 3. The van der Waals surface area contributed by atoms with Gasteiger partial charge in [-0.3, -0.25) is 14.4 Å². The van der Waals surface area contributed by atoms with Crippen LogP contribution in [0.15, 0.2) is 65.8 Å². The van der Waals surface area contributed by atoms with E-state index in [1.807, 2.05) is 0 Å². The highest BCUT2D eigenvalue weighted by Gasteiger charge is 2.13. The number of ether oxygens (including phenoxy) is 2. The number of benzene rings is 3. The highest BCUT2D eigenvalue weighted by Crippen LogP contribution is 2.28. The number of amides is 3. The fraction of sp³-hybridized carbons (Fsp3) is 0.0833. The topological polar surface area (TPSA) is 118 Å². The number of methoxy groups -OCH3 is 1. The van der Waals surface area contributed by atoms with Gasteiger partial charge in [-0.05, 0) is 60.2 Å². The van der Waals surface area contributed by atoms with Crippen molar-refractivity contribution < 1.29 is 23.9 Å². The summed E-state index contributed by atoms with van der Waals surface area (Å²) in [5, 5.41) is 10.00. The van der Waals surface area contributed by atoms with E-state index < -0.39 is 17.7 Å². The second kappa shape index (κ2) is 12.8. The summed E-state index contributed by atoms with van der Waals surface area (Å²) in [4.78, 5) is 36.1. The van der Waals surface area contributed by atoms with E-state index in [0.717, 1.165) is 0 Å². The zero-order valence-corrected chi connectivity index (χ0v) is 20.9. The molecule has 0 saturated carbocycles. The van der Waals surface area contributed by atoms with E-state index in [4.69, 9.17) is 44.3 Å². The average molecular weight is 550 g/mol. The molecule has 0 unspecified atom stereocenters. The van der Waals surface area contributed by atoms with Gasteiger partial charge in [-0.25, -0.2) is 5.43 Å². The van der Waals surface area contributed by atoms with Crippen LogP contribution in [0.4, 0.5) is 11.4 Å². The first-order valence-corrected chi connectivity index (χ1v) is 11.3. The van der Waals surface area contributed by atoms with Gasteiger partial charge >= 0.3 is 11.8 Å². The van der Waals surface area contributed by atoms with E-state index in [1.54, 1.807) is 54.6 Å². The number of carbonyl (C=O) groups is 3. The second-order valence-electron chi connectivity index (χ2n) is 7.07. The Bertz CT molecular complexity index is 1300.